The first-order valence-electron chi connectivity index (χ1n) is 5.43. The van der Waals surface area contributed by atoms with Gasteiger partial charge in [-0.25, -0.2) is 9.97 Å². The largest absolute Gasteiger partial charge is 0.357 e. The van der Waals surface area contributed by atoms with E-state index in [4.69, 9.17) is 4.11 Å². The van der Waals surface area contributed by atoms with Crippen molar-refractivity contribution in [3.63, 3.8) is 0 Å². The summed E-state index contributed by atoms with van der Waals surface area (Å²) < 4.78 is 22.5. The Hall–Kier alpha value is -1.23. The number of hydrogen-bond donors (Lipinski definition) is 1. The molecule has 0 saturated heterocycles. The molecule has 1 N–H and O–H groups in total. The van der Waals surface area contributed by atoms with Crippen LogP contribution in [-0.2, 0) is 0 Å². The molecule has 0 fully saturated rings. The number of aromatic nitrogens is 3. The average molecular weight is 256 g/mol. The highest BCUT2D eigenvalue weighted by molar-refractivity contribution is 9.10. The predicted molar refractivity (Wildman–Crippen MR) is 59.3 cm³/mol. The monoisotopic (exact) mass is 255 g/mol. The summed E-state index contributed by atoms with van der Waals surface area (Å²) in [5.41, 5.74) is 0.365. The molecule has 0 atom stereocenters. The summed E-state index contributed by atoms with van der Waals surface area (Å²) in [6, 6.07) is 1.66. The second kappa shape index (κ2) is 3.49. The van der Waals surface area contributed by atoms with E-state index in [0.29, 0.717) is 21.5 Å². The Morgan fingerprint density at radius 2 is 2.36 bits per heavy atom. The Bertz CT molecular complexity index is 570. The molecule has 0 saturated carbocycles. The number of fused-ring (bicyclic) bond motifs is 1. The van der Waals surface area contributed by atoms with Crippen LogP contribution >= 0.6 is 15.9 Å². The molecule has 2 heterocycles. The fraction of sp³-hybridized carbons (Fsp3) is 0.222. The number of nitrogens with zero attached hydrogens (tertiary/aromatic N) is 3. The fourth-order valence-corrected chi connectivity index (χ4v) is 1.39. The first-order valence-corrected chi connectivity index (χ1v) is 4.72. The lowest BCUT2D eigenvalue weighted by Crippen LogP contribution is -1.97. The van der Waals surface area contributed by atoms with Gasteiger partial charge in [0.1, 0.15) is 0 Å². The first kappa shape index (κ1) is 6.29. The maximum Gasteiger partial charge on any atom is 0.224 e. The molecule has 0 aromatic carbocycles. The van der Waals surface area contributed by atoms with Crippen molar-refractivity contribution in [2.24, 2.45) is 0 Å². The third-order valence-corrected chi connectivity index (χ3v) is 2.35. The highest BCUT2D eigenvalue weighted by atomic mass is 79.9. The van der Waals surface area contributed by atoms with Crippen LogP contribution in [-0.4, -0.2) is 22.0 Å². The molecule has 0 bridgehead atoms. The summed E-state index contributed by atoms with van der Waals surface area (Å²) >= 11 is 3.20. The Kier molecular flexibility index (Phi) is 1.57. The molecule has 14 heavy (non-hydrogen) atoms. The predicted octanol–water partition coefficient (Wildman–Crippen LogP) is 2.14. The molecule has 0 amide bonds. The van der Waals surface area contributed by atoms with Gasteiger partial charge in [0.15, 0.2) is 5.65 Å². The molecule has 2 aromatic rings. The van der Waals surface area contributed by atoms with Crippen molar-refractivity contribution < 1.29 is 4.11 Å². The molecule has 0 unspecified atom stereocenters. The minimum Gasteiger partial charge on any atom is -0.357 e. The maximum absolute atomic E-state index is 7.37. The molecule has 72 valence electrons. The normalized spacial score (nSPS) is 14.6. The van der Waals surface area contributed by atoms with Crippen LogP contribution in [0.3, 0.4) is 0 Å². The van der Waals surface area contributed by atoms with Crippen LogP contribution in [0.4, 0.5) is 5.95 Å². The highest BCUT2D eigenvalue weighted by Crippen LogP contribution is 2.19. The zero-order chi connectivity index (χ0) is 12.6. The van der Waals surface area contributed by atoms with Crippen LogP contribution in [0.5, 0.6) is 0 Å². The standard InChI is InChI=1S/C9H9BrN4/c1-5-7(10)3-6-4-12-9(11-2)14-8(6)13-5/h3-4H,1-2H3,(H,11,12,13,14)/i1D3. The summed E-state index contributed by atoms with van der Waals surface area (Å²) in [7, 11) is 1.69. The summed E-state index contributed by atoms with van der Waals surface area (Å²) in [5.74, 6) is 0.406. The van der Waals surface area contributed by atoms with E-state index < -0.39 is 6.85 Å². The van der Waals surface area contributed by atoms with Crippen molar-refractivity contribution in [3.05, 3.63) is 22.4 Å². The number of anilines is 1. The lowest BCUT2D eigenvalue weighted by Gasteiger charge is -2.02. The number of aryl methyl sites for hydroxylation is 1. The number of halogens is 1. The van der Waals surface area contributed by atoms with Gasteiger partial charge in [0.2, 0.25) is 5.95 Å². The van der Waals surface area contributed by atoms with Crippen molar-refractivity contribution in [1.82, 2.24) is 15.0 Å². The quantitative estimate of drug-likeness (QED) is 0.849. The van der Waals surface area contributed by atoms with E-state index in [1.165, 1.54) is 0 Å². The van der Waals surface area contributed by atoms with E-state index >= 15 is 0 Å². The van der Waals surface area contributed by atoms with Gasteiger partial charge >= 0.3 is 0 Å². The van der Waals surface area contributed by atoms with Gasteiger partial charge in [0.25, 0.3) is 0 Å². The minimum atomic E-state index is -2.27. The van der Waals surface area contributed by atoms with Gasteiger partial charge < -0.3 is 5.32 Å². The number of nitrogens with one attached hydrogen (secondary N) is 1. The van der Waals surface area contributed by atoms with E-state index in [9.17, 15) is 0 Å². The van der Waals surface area contributed by atoms with Crippen LogP contribution in [0.2, 0.25) is 0 Å². The molecule has 5 heteroatoms. The first-order chi connectivity index (χ1) is 7.91. The molecular weight excluding hydrogens is 244 g/mol. The SMILES string of the molecule is [2H]C([2H])([2H])c1nc2nc(NC)ncc2cc1Br. The molecule has 2 rings (SSSR count). The van der Waals surface area contributed by atoms with Crippen LogP contribution in [0.25, 0.3) is 11.0 Å². The molecular formula is C9H9BrN4. The Labute approximate surface area is 94.1 Å². The topological polar surface area (TPSA) is 50.7 Å². The second-order valence-electron chi connectivity index (χ2n) is 2.68. The third-order valence-electron chi connectivity index (χ3n) is 1.75. The molecule has 0 radical (unpaired) electrons. The summed E-state index contributed by atoms with van der Waals surface area (Å²) in [6.07, 6.45) is 1.59. The highest BCUT2D eigenvalue weighted by Gasteiger charge is 2.03. The van der Waals surface area contributed by atoms with Crippen molar-refractivity contribution in [1.29, 1.82) is 0 Å². The average Bonchev–Trinajstić information content (AvgIpc) is 2.26. The molecule has 0 spiro atoms. The number of rotatable bonds is 1. The summed E-state index contributed by atoms with van der Waals surface area (Å²) in [4.78, 5) is 12.2. The molecule has 0 aliphatic heterocycles. The minimum absolute atomic E-state index is 0.00533. The molecule has 0 aliphatic carbocycles. The lowest BCUT2D eigenvalue weighted by molar-refractivity contribution is 1.13. The van der Waals surface area contributed by atoms with Crippen molar-refractivity contribution in [2.45, 2.75) is 6.85 Å². The van der Waals surface area contributed by atoms with E-state index in [2.05, 4.69) is 36.2 Å². The maximum atomic E-state index is 7.37. The van der Waals surface area contributed by atoms with Gasteiger partial charge in [-0.15, -0.1) is 0 Å². The van der Waals surface area contributed by atoms with Crippen molar-refractivity contribution in [2.75, 3.05) is 12.4 Å². The van der Waals surface area contributed by atoms with Gasteiger partial charge in [-0.1, -0.05) is 0 Å². The van der Waals surface area contributed by atoms with E-state index in [1.54, 1.807) is 19.3 Å². The summed E-state index contributed by atoms with van der Waals surface area (Å²) in [6.45, 7) is -2.27. The van der Waals surface area contributed by atoms with Crippen LogP contribution in [0.1, 0.15) is 9.81 Å². The molecule has 0 aliphatic rings. The zero-order valence-corrected chi connectivity index (χ0v) is 8.96. The van der Waals surface area contributed by atoms with Gasteiger partial charge in [-0.2, -0.15) is 4.98 Å². The van der Waals surface area contributed by atoms with Crippen molar-refractivity contribution >= 4 is 32.9 Å². The smallest absolute Gasteiger partial charge is 0.224 e. The molecule has 4 nitrogen and oxygen atoms in total. The lowest BCUT2D eigenvalue weighted by atomic mass is 10.3. The summed E-state index contributed by atoms with van der Waals surface area (Å²) in [5, 5.41) is 3.46. The van der Waals surface area contributed by atoms with Crippen LogP contribution in [0, 0.1) is 6.85 Å². The van der Waals surface area contributed by atoms with Crippen LogP contribution in [0.15, 0.2) is 16.7 Å². The number of pyridine rings is 1. The third kappa shape index (κ3) is 1.55. The number of hydrogen-bond acceptors (Lipinski definition) is 4. The van der Waals surface area contributed by atoms with Gasteiger partial charge in [-0.05, 0) is 28.8 Å². The van der Waals surface area contributed by atoms with Crippen LogP contribution < -0.4 is 5.32 Å². The Morgan fingerprint density at radius 1 is 1.50 bits per heavy atom. The Balaban J connectivity index is 2.69. The fourth-order valence-electron chi connectivity index (χ4n) is 1.06. The van der Waals surface area contributed by atoms with Gasteiger partial charge in [0.05, 0.1) is 5.69 Å². The van der Waals surface area contributed by atoms with Gasteiger partial charge in [0, 0.05) is 27.2 Å². The van der Waals surface area contributed by atoms with E-state index in [-0.39, 0.29) is 5.69 Å². The van der Waals surface area contributed by atoms with Gasteiger partial charge in [-0.3, -0.25) is 0 Å². The molecule has 2 aromatic heterocycles. The van der Waals surface area contributed by atoms with E-state index in [0.717, 1.165) is 0 Å². The zero-order valence-electron chi connectivity index (χ0n) is 10.4. The van der Waals surface area contributed by atoms with Crippen molar-refractivity contribution in [3.8, 4) is 0 Å². The van der Waals surface area contributed by atoms with E-state index in [1.807, 2.05) is 0 Å². The Morgan fingerprint density at radius 3 is 3.07 bits per heavy atom. The second-order valence-corrected chi connectivity index (χ2v) is 3.53.